The molecule has 1 amide bonds. The number of hydrogen-bond donors (Lipinski definition) is 1. The van der Waals surface area contributed by atoms with Crippen molar-refractivity contribution in [1.29, 1.82) is 5.26 Å². The Kier molecular flexibility index (Phi) is 3.48. The maximum Gasteiger partial charge on any atom is 0.256 e. The lowest BCUT2D eigenvalue weighted by Gasteiger charge is -2.05. The number of aromatic nitrogens is 1. The fraction of sp³-hybridized carbons (Fsp3) is 0. The second-order valence-corrected chi connectivity index (χ2v) is 3.59. The molecule has 0 spiro atoms. The van der Waals surface area contributed by atoms with Crippen LogP contribution in [0.1, 0.15) is 15.9 Å². The highest BCUT2D eigenvalue weighted by Crippen LogP contribution is 2.13. The van der Waals surface area contributed by atoms with Gasteiger partial charge in [-0.3, -0.25) is 4.79 Å². The summed E-state index contributed by atoms with van der Waals surface area (Å²) in [6.07, 6.45) is 1.40. The summed E-state index contributed by atoms with van der Waals surface area (Å²) in [5.74, 6) is -2.75. The zero-order valence-electron chi connectivity index (χ0n) is 9.52. The third-order valence-corrected chi connectivity index (χ3v) is 2.34. The minimum atomic E-state index is -1.12. The maximum absolute atomic E-state index is 13.0. The second-order valence-electron chi connectivity index (χ2n) is 3.59. The smallest absolute Gasteiger partial charge is 0.256 e. The number of carbonyl (C=O) groups is 1. The first-order valence-electron chi connectivity index (χ1n) is 5.23. The highest BCUT2D eigenvalue weighted by atomic mass is 19.2. The molecule has 19 heavy (non-hydrogen) atoms. The van der Waals surface area contributed by atoms with Gasteiger partial charge in [0.05, 0.1) is 5.56 Å². The molecule has 0 aliphatic rings. The molecular formula is C13H7F2N3O. The standard InChI is InChI=1S/C13H7F2N3O/c14-10-4-3-8(6-11(10)15)13(19)18-12-9(7-16)2-1-5-17-12/h1-6H,(H,17,18,19). The van der Waals surface area contributed by atoms with Gasteiger partial charge in [-0.15, -0.1) is 0 Å². The van der Waals surface area contributed by atoms with Crippen molar-refractivity contribution in [2.75, 3.05) is 5.32 Å². The summed E-state index contributed by atoms with van der Waals surface area (Å²) in [6, 6.07) is 7.66. The number of nitriles is 1. The molecule has 0 fully saturated rings. The van der Waals surface area contributed by atoms with Crippen LogP contribution < -0.4 is 5.32 Å². The Morgan fingerprint density at radius 2 is 2.05 bits per heavy atom. The fourth-order valence-corrected chi connectivity index (χ4v) is 1.41. The van der Waals surface area contributed by atoms with Gasteiger partial charge in [0, 0.05) is 11.8 Å². The Bertz CT molecular complexity index is 680. The first-order chi connectivity index (χ1) is 9.11. The summed E-state index contributed by atoms with van der Waals surface area (Å²) in [4.78, 5) is 15.6. The lowest BCUT2D eigenvalue weighted by Crippen LogP contribution is -2.14. The first-order valence-corrected chi connectivity index (χ1v) is 5.23. The Hall–Kier alpha value is -2.81. The van der Waals surface area contributed by atoms with E-state index in [4.69, 9.17) is 5.26 Å². The number of amides is 1. The molecule has 0 aliphatic heterocycles. The zero-order valence-corrected chi connectivity index (χ0v) is 9.52. The van der Waals surface area contributed by atoms with Gasteiger partial charge in [0.1, 0.15) is 6.07 Å². The van der Waals surface area contributed by atoms with Gasteiger partial charge in [-0.2, -0.15) is 5.26 Å². The second kappa shape index (κ2) is 5.23. The Balaban J connectivity index is 2.26. The minimum absolute atomic E-state index is 0.0616. The third-order valence-electron chi connectivity index (χ3n) is 2.34. The molecule has 0 atom stereocenters. The van der Waals surface area contributed by atoms with Crippen LogP contribution in [0.3, 0.4) is 0 Å². The molecule has 0 unspecified atom stereocenters. The molecule has 0 saturated heterocycles. The van der Waals surface area contributed by atoms with Crippen LogP contribution in [-0.2, 0) is 0 Å². The van der Waals surface area contributed by atoms with Crippen LogP contribution in [0.5, 0.6) is 0 Å². The van der Waals surface area contributed by atoms with E-state index in [0.717, 1.165) is 18.2 Å². The summed E-state index contributed by atoms with van der Waals surface area (Å²) in [7, 11) is 0. The summed E-state index contributed by atoms with van der Waals surface area (Å²) in [6.45, 7) is 0. The molecule has 1 heterocycles. The summed E-state index contributed by atoms with van der Waals surface area (Å²) >= 11 is 0. The molecule has 2 aromatic rings. The highest BCUT2D eigenvalue weighted by molar-refractivity contribution is 6.04. The maximum atomic E-state index is 13.0. The van der Waals surface area contributed by atoms with Crippen LogP contribution in [0.15, 0.2) is 36.5 Å². The Labute approximate surface area is 107 Å². The largest absolute Gasteiger partial charge is 0.305 e. The quantitative estimate of drug-likeness (QED) is 0.901. The van der Waals surface area contributed by atoms with Crippen LogP contribution in [-0.4, -0.2) is 10.9 Å². The van der Waals surface area contributed by atoms with E-state index in [9.17, 15) is 13.6 Å². The average Bonchev–Trinajstić information content (AvgIpc) is 2.42. The van der Waals surface area contributed by atoms with Crippen LogP contribution in [0, 0.1) is 23.0 Å². The van der Waals surface area contributed by atoms with E-state index in [0.29, 0.717) is 0 Å². The van der Waals surface area contributed by atoms with Gasteiger partial charge < -0.3 is 5.32 Å². The van der Waals surface area contributed by atoms with Crippen LogP contribution in [0.4, 0.5) is 14.6 Å². The van der Waals surface area contributed by atoms with Crippen LogP contribution in [0.2, 0.25) is 0 Å². The number of anilines is 1. The molecule has 0 radical (unpaired) electrons. The van der Waals surface area contributed by atoms with Crippen molar-refractivity contribution in [2.24, 2.45) is 0 Å². The van der Waals surface area contributed by atoms with E-state index < -0.39 is 17.5 Å². The number of hydrogen-bond acceptors (Lipinski definition) is 3. The SMILES string of the molecule is N#Cc1cccnc1NC(=O)c1ccc(F)c(F)c1. The molecule has 0 saturated carbocycles. The van der Waals surface area contributed by atoms with Gasteiger partial charge in [-0.05, 0) is 30.3 Å². The number of halogens is 2. The van der Waals surface area contributed by atoms with E-state index in [-0.39, 0.29) is 16.9 Å². The molecule has 0 aliphatic carbocycles. The predicted molar refractivity (Wildman–Crippen MR) is 63.3 cm³/mol. The topological polar surface area (TPSA) is 65.8 Å². The van der Waals surface area contributed by atoms with Gasteiger partial charge in [-0.25, -0.2) is 13.8 Å². The third kappa shape index (κ3) is 2.72. The summed E-state index contributed by atoms with van der Waals surface area (Å²) in [5, 5.41) is 11.2. The van der Waals surface area contributed by atoms with Crippen molar-refractivity contribution in [2.45, 2.75) is 0 Å². The predicted octanol–water partition coefficient (Wildman–Crippen LogP) is 2.48. The average molecular weight is 259 g/mol. The molecule has 94 valence electrons. The molecule has 6 heteroatoms. The van der Waals surface area contributed by atoms with Crippen molar-refractivity contribution in [1.82, 2.24) is 4.98 Å². The first kappa shape index (κ1) is 12.6. The lowest BCUT2D eigenvalue weighted by molar-refractivity contribution is 0.102. The summed E-state index contributed by atoms with van der Waals surface area (Å²) in [5.41, 5.74) is 0.117. The molecule has 0 bridgehead atoms. The van der Waals surface area contributed by atoms with Crippen LogP contribution in [0.25, 0.3) is 0 Å². The highest BCUT2D eigenvalue weighted by Gasteiger charge is 2.12. The van der Waals surface area contributed by atoms with E-state index >= 15 is 0 Å². The lowest BCUT2D eigenvalue weighted by atomic mass is 10.2. The Morgan fingerprint density at radius 1 is 1.26 bits per heavy atom. The molecule has 4 nitrogen and oxygen atoms in total. The van der Waals surface area contributed by atoms with Gasteiger partial charge >= 0.3 is 0 Å². The van der Waals surface area contributed by atoms with Gasteiger partial charge in [-0.1, -0.05) is 0 Å². The normalized spacial score (nSPS) is 9.74. The number of nitrogens with one attached hydrogen (secondary N) is 1. The zero-order chi connectivity index (χ0) is 13.8. The van der Waals surface area contributed by atoms with E-state index in [2.05, 4.69) is 10.3 Å². The van der Waals surface area contributed by atoms with Crippen LogP contribution >= 0.6 is 0 Å². The monoisotopic (exact) mass is 259 g/mol. The molecular weight excluding hydrogens is 252 g/mol. The van der Waals surface area contributed by atoms with E-state index in [1.165, 1.54) is 12.3 Å². The van der Waals surface area contributed by atoms with Crippen molar-refractivity contribution in [3.05, 3.63) is 59.3 Å². The molecule has 1 N–H and O–H groups in total. The van der Waals surface area contributed by atoms with Crippen molar-refractivity contribution >= 4 is 11.7 Å². The number of nitrogens with zero attached hydrogens (tertiary/aromatic N) is 2. The van der Waals surface area contributed by atoms with Gasteiger partial charge in [0.15, 0.2) is 17.5 Å². The molecule has 1 aromatic carbocycles. The van der Waals surface area contributed by atoms with Crippen molar-refractivity contribution in [3.8, 4) is 6.07 Å². The number of benzene rings is 1. The number of pyridine rings is 1. The number of rotatable bonds is 2. The summed E-state index contributed by atoms with van der Waals surface area (Å²) < 4.78 is 25.7. The van der Waals surface area contributed by atoms with Gasteiger partial charge in [0.2, 0.25) is 0 Å². The van der Waals surface area contributed by atoms with Crippen molar-refractivity contribution in [3.63, 3.8) is 0 Å². The molecule has 2 rings (SSSR count). The minimum Gasteiger partial charge on any atom is -0.305 e. The Morgan fingerprint density at radius 3 is 2.74 bits per heavy atom. The van der Waals surface area contributed by atoms with Crippen molar-refractivity contribution < 1.29 is 13.6 Å². The van der Waals surface area contributed by atoms with E-state index in [1.807, 2.05) is 6.07 Å². The number of carbonyl (C=O) groups excluding carboxylic acids is 1. The van der Waals surface area contributed by atoms with Gasteiger partial charge in [0.25, 0.3) is 5.91 Å². The van der Waals surface area contributed by atoms with E-state index in [1.54, 1.807) is 6.07 Å². The fourth-order valence-electron chi connectivity index (χ4n) is 1.41. The molecule has 1 aromatic heterocycles.